The number of Topliss-reactive ketones (excluding diaryl/α,β-unsaturated/α-hetero) is 1. The minimum Gasteiger partial charge on any atom is -0.486 e. The van der Waals surface area contributed by atoms with Crippen LogP contribution in [0.25, 0.3) is 11.0 Å². The second kappa shape index (κ2) is 8.08. The smallest absolute Gasteiger partial charge is 0.209 e. The van der Waals surface area contributed by atoms with Crippen LogP contribution in [0.3, 0.4) is 0 Å². The summed E-state index contributed by atoms with van der Waals surface area (Å²) in [6, 6.07) is 14.7. The number of aromatic amines is 1. The summed E-state index contributed by atoms with van der Waals surface area (Å²) in [5.74, 6) is 1.69. The number of furan rings is 1. The number of halogens is 1. The standard InChI is InChI=1S/C20H16ClN3O3S/c1-12-8-14(6-7-15(12)21)26-10-19-22-20(24-23-19)28-11-16(25)18-9-13-4-2-3-5-17(13)27-18/h2-9H,10-11H2,1H3,(H,22,23,24). The van der Waals surface area contributed by atoms with Crippen LogP contribution >= 0.6 is 23.4 Å². The Hall–Kier alpha value is -2.77. The number of ether oxygens (including phenoxy) is 1. The number of para-hydroxylation sites is 1. The Labute approximate surface area is 170 Å². The van der Waals surface area contributed by atoms with Gasteiger partial charge in [-0.1, -0.05) is 41.6 Å². The summed E-state index contributed by atoms with van der Waals surface area (Å²) >= 11 is 7.25. The van der Waals surface area contributed by atoms with E-state index < -0.39 is 0 Å². The molecule has 6 nitrogen and oxygen atoms in total. The second-order valence-electron chi connectivity index (χ2n) is 6.12. The van der Waals surface area contributed by atoms with E-state index >= 15 is 0 Å². The first-order valence-electron chi connectivity index (χ1n) is 8.53. The molecular weight excluding hydrogens is 398 g/mol. The first-order chi connectivity index (χ1) is 13.6. The Bertz CT molecular complexity index is 1110. The molecule has 0 unspecified atom stereocenters. The monoisotopic (exact) mass is 413 g/mol. The van der Waals surface area contributed by atoms with Crippen LogP contribution < -0.4 is 4.74 Å². The van der Waals surface area contributed by atoms with Crippen LogP contribution in [0.2, 0.25) is 5.02 Å². The van der Waals surface area contributed by atoms with Crippen molar-refractivity contribution in [3.63, 3.8) is 0 Å². The van der Waals surface area contributed by atoms with Crippen molar-refractivity contribution < 1.29 is 13.9 Å². The Morgan fingerprint density at radius 3 is 2.93 bits per heavy atom. The molecule has 0 atom stereocenters. The van der Waals surface area contributed by atoms with Gasteiger partial charge in [-0.25, -0.2) is 4.98 Å². The van der Waals surface area contributed by atoms with Crippen LogP contribution in [0, 0.1) is 6.92 Å². The van der Waals surface area contributed by atoms with Crippen LogP contribution in [0.5, 0.6) is 5.75 Å². The number of thioether (sulfide) groups is 1. The van der Waals surface area contributed by atoms with Gasteiger partial charge >= 0.3 is 0 Å². The zero-order chi connectivity index (χ0) is 19.5. The van der Waals surface area contributed by atoms with Crippen molar-refractivity contribution in [2.24, 2.45) is 0 Å². The van der Waals surface area contributed by atoms with Gasteiger partial charge in [0.2, 0.25) is 10.9 Å². The van der Waals surface area contributed by atoms with E-state index in [2.05, 4.69) is 15.2 Å². The lowest BCUT2D eigenvalue weighted by Gasteiger charge is -2.05. The van der Waals surface area contributed by atoms with E-state index in [0.29, 0.717) is 33.1 Å². The first kappa shape index (κ1) is 18.6. The van der Waals surface area contributed by atoms with Gasteiger partial charge in [0.05, 0.1) is 5.75 Å². The number of ketones is 1. The molecule has 0 radical (unpaired) electrons. The number of hydrogen-bond donors (Lipinski definition) is 1. The summed E-state index contributed by atoms with van der Waals surface area (Å²) in [5.41, 5.74) is 1.64. The highest BCUT2D eigenvalue weighted by Crippen LogP contribution is 2.23. The third-order valence-electron chi connectivity index (χ3n) is 4.05. The molecule has 1 N–H and O–H groups in total. The third kappa shape index (κ3) is 4.21. The molecule has 0 amide bonds. The van der Waals surface area contributed by atoms with Crippen LogP contribution in [-0.4, -0.2) is 26.7 Å². The summed E-state index contributed by atoms with van der Waals surface area (Å²) in [7, 11) is 0. The Morgan fingerprint density at radius 1 is 1.25 bits per heavy atom. The maximum absolute atomic E-state index is 12.3. The summed E-state index contributed by atoms with van der Waals surface area (Å²) in [5, 5.41) is 9.01. The highest BCUT2D eigenvalue weighted by atomic mass is 35.5. The van der Waals surface area contributed by atoms with E-state index in [1.165, 1.54) is 11.8 Å². The van der Waals surface area contributed by atoms with Crippen molar-refractivity contribution in [1.82, 2.24) is 15.2 Å². The van der Waals surface area contributed by atoms with Crippen molar-refractivity contribution in [1.29, 1.82) is 0 Å². The minimum atomic E-state index is -0.111. The highest BCUT2D eigenvalue weighted by Gasteiger charge is 2.14. The zero-order valence-electron chi connectivity index (χ0n) is 14.9. The average molecular weight is 414 g/mol. The average Bonchev–Trinajstić information content (AvgIpc) is 3.33. The minimum absolute atomic E-state index is 0.111. The van der Waals surface area contributed by atoms with Gasteiger partial charge in [-0.3, -0.25) is 9.89 Å². The Kier molecular flexibility index (Phi) is 5.36. The Morgan fingerprint density at radius 2 is 2.11 bits per heavy atom. The van der Waals surface area contributed by atoms with Crippen molar-refractivity contribution >= 4 is 40.1 Å². The van der Waals surface area contributed by atoms with Gasteiger partial charge in [0, 0.05) is 10.4 Å². The molecular formula is C20H16ClN3O3S. The van der Waals surface area contributed by atoms with Gasteiger partial charge in [0.1, 0.15) is 17.9 Å². The van der Waals surface area contributed by atoms with E-state index in [1.54, 1.807) is 18.2 Å². The van der Waals surface area contributed by atoms with Crippen LogP contribution in [0.15, 0.2) is 58.1 Å². The highest BCUT2D eigenvalue weighted by molar-refractivity contribution is 7.99. The molecule has 0 spiro atoms. The molecule has 0 aliphatic heterocycles. The number of nitrogens with zero attached hydrogens (tertiary/aromatic N) is 2. The Balaban J connectivity index is 1.32. The van der Waals surface area contributed by atoms with Gasteiger partial charge in [0.25, 0.3) is 0 Å². The number of aromatic nitrogens is 3. The summed E-state index contributed by atoms with van der Waals surface area (Å²) in [6.45, 7) is 2.16. The van der Waals surface area contributed by atoms with Gasteiger partial charge in [-0.2, -0.15) is 0 Å². The number of rotatable bonds is 7. The quantitative estimate of drug-likeness (QED) is 0.336. The summed E-state index contributed by atoms with van der Waals surface area (Å²) < 4.78 is 11.3. The van der Waals surface area contributed by atoms with Gasteiger partial charge in [0.15, 0.2) is 11.6 Å². The molecule has 4 aromatic rings. The third-order valence-corrected chi connectivity index (χ3v) is 5.32. The van der Waals surface area contributed by atoms with Crippen molar-refractivity contribution in [3.8, 4) is 5.75 Å². The molecule has 2 aromatic carbocycles. The molecule has 0 fully saturated rings. The molecule has 28 heavy (non-hydrogen) atoms. The van der Waals surface area contributed by atoms with Gasteiger partial charge < -0.3 is 9.15 Å². The van der Waals surface area contributed by atoms with E-state index in [1.807, 2.05) is 37.3 Å². The fourth-order valence-electron chi connectivity index (χ4n) is 2.59. The largest absolute Gasteiger partial charge is 0.486 e. The number of fused-ring (bicyclic) bond motifs is 1. The maximum atomic E-state index is 12.3. The lowest BCUT2D eigenvalue weighted by Crippen LogP contribution is -2.01. The SMILES string of the molecule is Cc1cc(OCc2nc(SCC(=O)c3cc4ccccc4o3)n[nH]2)ccc1Cl. The van der Waals surface area contributed by atoms with Crippen LogP contribution in [-0.2, 0) is 6.61 Å². The topological polar surface area (TPSA) is 81.0 Å². The lowest BCUT2D eigenvalue weighted by atomic mass is 10.2. The van der Waals surface area contributed by atoms with E-state index in [4.69, 9.17) is 20.8 Å². The predicted octanol–water partition coefficient (Wildman–Crippen LogP) is 5.07. The normalized spacial score (nSPS) is 11.1. The number of H-pyrrole nitrogens is 1. The molecule has 8 heteroatoms. The fourth-order valence-corrected chi connectivity index (χ4v) is 3.39. The molecule has 2 aromatic heterocycles. The van der Waals surface area contributed by atoms with E-state index in [-0.39, 0.29) is 18.1 Å². The lowest BCUT2D eigenvalue weighted by molar-refractivity contribution is 0.0994. The molecule has 0 aliphatic rings. The number of benzene rings is 2. The van der Waals surface area contributed by atoms with Crippen molar-refractivity contribution in [2.75, 3.05) is 5.75 Å². The van der Waals surface area contributed by atoms with E-state index in [9.17, 15) is 4.79 Å². The fraction of sp³-hybridized carbons (Fsp3) is 0.150. The van der Waals surface area contributed by atoms with Gasteiger partial charge in [-0.15, -0.1) is 5.10 Å². The van der Waals surface area contributed by atoms with Crippen molar-refractivity contribution in [2.45, 2.75) is 18.7 Å². The second-order valence-corrected chi connectivity index (χ2v) is 7.47. The predicted molar refractivity (Wildman–Crippen MR) is 108 cm³/mol. The molecule has 0 bridgehead atoms. The molecule has 0 aliphatic carbocycles. The summed E-state index contributed by atoms with van der Waals surface area (Å²) in [6.07, 6.45) is 0. The maximum Gasteiger partial charge on any atom is 0.209 e. The molecule has 0 saturated carbocycles. The summed E-state index contributed by atoms with van der Waals surface area (Å²) in [4.78, 5) is 16.7. The van der Waals surface area contributed by atoms with Crippen LogP contribution in [0.4, 0.5) is 0 Å². The first-order valence-corrected chi connectivity index (χ1v) is 9.89. The molecule has 4 rings (SSSR count). The molecule has 2 heterocycles. The number of hydrogen-bond acceptors (Lipinski definition) is 6. The number of carbonyl (C=O) groups excluding carboxylic acids is 1. The van der Waals surface area contributed by atoms with E-state index in [0.717, 1.165) is 10.9 Å². The van der Waals surface area contributed by atoms with Crippen LogP contribution in [0.1, 0.15) is 21.9 Å². The molecule has 0 saturated heterocycles. The number of carbonyl (C=O) groups is 1. The zero-order valence-corrected chi connectivity index (χ0v) is 16.5. The van der Waals surface area contributed by atoms with Gasteiger partial charge in [-0.05, 0) is 42.8 Å². The molecule has 142 valence electrons. The number of nitrogens with one attached hydrogen (secondary N) is 1. The number of aryl methyl sites for hydroxylation is 1. The van der Waals surface area contributed by atoms with Crippen molar-refractivity contribution in [3.05, 3.63) is 70.7 Å².